The van der Waals surface area contributed by atoms with Crippen LogP contribution in [0.1, 0.15) is 32.7 Å². The van der Waals surface area contributed by atoms with Gasteiger partial charge in [0.05, 0.1) is 5.56 Å². The standard InChI is InChI=1S/C20H22BrN3O3S/c1-13-7-3-4-8-14(13)19(26)23-24-20(27)17(11-12-28-2)22-18(25)15-9-5-6-10-16(15)21/h3-10,17H,11-12H2,1-2H3,(H,22,25)(H,23,26)(H,24,27). The highest BCUT2D eigenvalue weighted by atomic mass is 79.9. The zero-order valence-corrected chi connectivity index (χ0v) is 18.0. The molecule has 0 heterocycles. The van der Waals surface area contributed by atoms with Crippen LogP contribution in [0.2, 0.25) is 0 Å². The maximum atomic E-state index is 12.6. The van der Waals surface area contributed by atoms with Gasteiger partial charge in [-0.05, 0) is 65.0 Å². The summed E-state index contributed by atoms with van der Waals surface area (Å²) in [4.78, 5) is 37.4. The zero-order chi connectivity index (χ0) is 20.5. The van der Waals surface area contributed by atoms with E-state index in [4.69, 9.17) is 0 Å². The third-order valence-corrected chi connectivity index (χ3v) is 5.38. The SMILES string of the molecule is CSCCC(NC(=O)c1ccccc1Br)C(=O)NNC(=O)c1ccccc1C. The average molecular weight is 464 g/mol. The smallest absolute Gasteiger partial charge is 0.269 e. The molecule has 28 heavy (non-hydrogen) atoms. The van der Waals surface area contributed by atoms with Crippen molar-refractivity contribution in [3.63, 3.8) is 0 Å². The monoisotopic (exact) mass is 463 g/mol. The van der Waals surface area contributed by atoms with E-state index in [0.717, 1.165) is 5.56 Å². The summed E-state index contributed by atoms with van der Waals surface area (Å²) < 4.78 is 0.643. The molecule has 2 rings (SSSR count). The molecule has 0 saturated carbocycles. The van der Waals surface area contributed by atoms with E-state index in [0.29, 0.717) is 27.8 Å². The van der Waals surface area contributed by atoms with Crippen LogP contribution >= 0.6 is 27.7 Å². The molecular formula is C20H22BrN3O3S. The largest absolute Gasteiger partial charge is 0.340 e. The molecule has 0 aliphatic carbocycles. The molecule has 0 bridgehead atoms. The number of amides is 3. The predicted octanol–water partition coefficient (Wildman–Crippen LogP) is 3.07. The summed E-state index contributed by atoms with van der Waals surface area (Å²) >= 11 is 4.91. The minimum absolute atomic E-state index is 0.362. The molecule has 2 aromatic rings. The van der Waals surface area contributed by atoms with Gasteiger partial charge in [-0.1, -0.05) is 30.3 Å². The third kappa shape index (κ3) is 6.10. The maximum Gasteiger partial charge on any atom is 0.269 e. The van der Waals surface area contributed by atoms with E-state index in [-0.39, 0.29) is 5.91 Å². The number of aryl methyl sites for hydroxylation is 1. The Morgan fingerprint density at radius 1 is 0.964 bits per heavy atom. The highest BCUT2D eigenvalue weighted by Gasteiger charge is 2.22. The van der Waals surface area contributed by atoms with Gasteiger partial charge >= 0.3 is 0 Å². The number of nitrogens with one attached hydrogen (secondary N) is 3. The van der Waals surface area contributed by atoms with Crippen molar-refractivity contribution in [2.45, 2.75) is 19.4 Å². The van der Waals surface area contributed by atoms with Crippen LogP contribution in [0, 0.1) is 6.92 Å². The Balaban J connectivity index is 2.02. The Morgan fingerprint density at radius 2 is 1.61 bits per heavy atom. The number of halogens is 1. The lowest BCUT2D eigenvalue weighted by molar-refractivity contribution is -0.123. The van der Waals surface area contributed by atoms with Gasteiger partial charge in [0.25, 0.3) is 17.7 Å². The summed E-state index contributed by atoms with van der Waals surface area (Å²) in [5.41, 5.74) is 6.54. The van der Waals surface area contributed by atoms with Gasteiger partial charge in [0.2, 0.25) is 0 Å². The van der Waals surface area contributed by atoms with Gasteiger partial charge in [-0.2, -0.15) is 11.8 Å². The molecule has 2 aromatic carbocycles. The normalized spacial score (nSPS) is 11.4. The zero-order valence-electron chi connectivity index (χ0n) is 15.6. The second kappa shape index (κ2) is 10.9. The first-order valence-corrected chi connectivity index (χ1v) is 10.8. The van der Waals surface area contributed by atoms with Crippen LogP contribution in [0.3, 0.4) is 0 Å². The Morgan fingerprint density at radius 3 is 2.25 bits per heavy atom. The van der Waals surface area contributed by atoms with Crippen molar-refractivity contribution in [1.29, 1.82) is 0 Å². The summed E-state index contributed by atoms with van der Waals surface area (Å²) in [5, 5.41) is 2.74. The van der Waals surface area contributed by atoms with Crippen molar-refractivity contribution in [2.75, 3.05) is 12.0 Å². The van der Waals surface area contributed by atoms with E-state index >= 15 is 0 Å². The second-order valence-electron chi connectivity index (χ2n) is 6.05. The van der Waals surface area contributed by atoms with Crippen molar-refractivity contribution in [2.24, 2.45) is 0 Å². The van der Waals surface area contributed by atoms with Crippen molar-refractivity contribution in [1.82, 2.24) is 16.2 Å². The number of hydrazine groups is 1. The predicted molar refractivity (Wildman–Crippen MR) is 115 cm³/mol. The topological polar surface area (TPSA) is 87.3 Å². The quantitative estimate of drug-likeness (QED) is 0.550. The highest BCUT2D eigenvalue weighted by molar-refractivity contribution is 9.10. The Kier molecular flexibility index (Phi) is 8.53. The molecule has 1 atom stereocenters. The summed E-state index contributed by atoms with van der Waals surface area (Å²) in [7, 11) is 0. The maximum absolute atomic E-state index is 12.6. The summed E-state index contributed by atoms with van der Waals surface area (Å²) in [5.74, 6) is -0.567. The fourth-order valence-corrected chi connectivity index (χ4v) is 3.42. The van der Waals surface area contributed by atoms with Gasteiger partial charge in [-0.3, -0.25) is 25.2 Å². The van der Waals surface area contributed by atoms with E-state index < -0.39 is 17.9 Å². The second-order valence-corrected chi connectivity index (χ2v) is 7.89. The molecular weight excluding hydrogens is 442 g/mol. The molecule has 0 aliphatic heterocycles. The van der Waals surface area contributed by atoms with E-state index in [9.17, 15) is 14.4 Å². The molecule has 0 aromatic heterocycles. The molecule has 0 saturated heterocycles. The van der Waals surface area contributed by atoms with Crippen LogP contribution in [-0.4, -0.2) is 35.8 Å². The molecule has 3 amide bonds. The molecule has 0 radical (unpaired) electrons. The Labute approximate surface area is 177 Å². The molecule has 0 spiro atoms. The van der Waals surface area contributed by atoms with Crippen molar-refractivity contribution in [3.05, 3.63) is 69.7 Å². The molecule has 0 aliphatic rings. The van der Waals surface area contributed by atoms with Gasteiger partial charge in [-0.15, -0.1) is 0 Å². The van der Waals surface area contributed by atoms with Gasteiger partial charge in [0.15, 0.2) is 0 Å². The fraction of sp³-hybridized carbons (Fsp3) is 0.250. The van der Waals surface area contributed by atoms with Gasteiger partial charge in [0.1, 0.15) is 6.04 Å². The van der Waals surface area contributed by atoms with E-state index in [1.165, 1.54) is 0 Å². The number of benzene rings is 2. The molecule has 8 heteroatoms. The van der Waals surface area contributed by atoms with Crippen LogP contribution in [0.5, 0.6) is 0 Å². The van der Waals surface area contributed by atoms with E-state index in [1.54, 1.807) is 48.2 Å². The lowest BCUT2D eigenvalue weighted by Gasteiger charge is -2.19. The van der Waals surface area contributed by atoms with Crippen molar-refractivity contribution >= 4 is 45.4 Å². The third-order valence-electron chi connectivity index (χ3n) is 4.04. The van der Waals surface area contributed by atoms with Crippen LogP contribution in [0.25, 0.3) is 0 Å². The Bertz CT molecular complexity index is 860. The van der Waals surface area contributed by atoms with Crippen LogP contribution in [0.15, 0.2) is 53.0 Å². The molecule has 6 nitrogen and oxygen atoms in total. The van der Waals surface area contributed by atoms with Crippen molar-refractivity contribution in [3.8, 4) is 0 Å². The number of rotatable bonds is 7. The minimum atomic E-state index is -0.774. The fourth-order valence-electron chi connectivity index (χ4n) is 2.49. The van der Waals surface area contributed by atoms with Crippen LogP contribution in [-0.2, 0) is 4.79 Å². The number of hydrogen-bond donors (Lipinski definition) is 3. The first-order chi connectivity index (χ1) is 13.4. The van der Waals surface area contributed by atoms with E-state index in [2.05, 4.69) is 32.1 Å². The van der Waals surface area contributed by atoms with Crippen LogP contribution < -0.4 is 16.2 Å². The average Bonchev–Trinajstić information content (AvgIpc) is 2.69. The first-order valence-electron chi connectivity index (χ1n) is 8.64. The number of thioether (sulfide) groups is 1. The summed E-state index contributed by atoms with van der Waals surface area (Å²) in [6.45, 7) is 1.82. The van der Waals surface area contributed by atoms with Gasteiger partial charge in [0, 0.05) is 10.0 Å². The van der Waals surface area contributed by atoms with Gasteiger partial charge < -0.3 is 5.32 Å². The molecule has 148 valence electrons. The number of carbonyl (C=O) groups excluding carboxylic acids is 3. The number of carbonyl (C=O) groups is 3. The lowest BCUT2D eigenvalue weighted by Crippen LogP contribution is -2.52. The Hall–Kier alpha value is -2.32. The molecule has 0 fully saturated rings. The lowest BCUT2D eigenvalue weighted by atomic mass is 10.1. The highest BCUT2D eigenvalue weighted by Crippen LogP contribution is 2.16. The molecule has 1 unspecified atom stereocenters. The number of hydrogen-bond acceptors (Lipinski definition) is 4. The molecule has 3 N–H and O–H groups in total. The summed E-state index contributed by atoms with van der Waals surface area (Å²) in [6.07, 6.45) is 2.36. The van der Waals surface area contributed by atoms with Crippen molar-refractivity contribution < 1.29 is 14.4 Å². The van der Waals surface area contributed by atoms with Gasteiger partial charge in [-0.25, -0.2) is 0 Å². The minimum Gasteiger partial charge on any atom is -0.340 e. The summed E-state index contributed by atoms with van der Waals surface area (Å²) in [6, 6.07) is 13.3. The first kappa shape index (κ1) is 22.0. The van der Waals surface area contributed by atoms with Crippen LogP contribution in [0.4, 0.5) is 0 Å². The van der Waals surface area contributed by atoms with E-state index in [1.807, 2.05) is 25.3 Å².